The second-order valence-electron chi connectivity index (χ2n) is 6.08. The molecule has 3 N–H and O–H groups in total. The molecule has 5 nitrogen and oxygen atoms in total. The number of aryl methyl sites for hydroxylation is 2. The van der Waals surface area contributed by atoms with Crippen LogP contribution in [0, 0.1) is 20.8 Å². The van der Waals surface area contributed by atoms with Gasteiger partial charge in [-0.1, -0.05) is 36.4 Å². The van der Waals surface area contributed by atoms with Gasteiger partial charge in [0.25, 0.3) is 0 Å². The number of carbonyl (C=O) groups is 2. The highest BCUT2D eigenvalue weighted by Gasteiger charge is 2.08. The van der Waals surface area contributed by atoms with E-state index in [-0.39, 0.29) is 18.5 Å². The number of benzene rings is 2. The molecule has 0 aliphatic heterocycles. The van der Waals surface area contributed by atoms with Crippen molar-refractivity contribution in [2.24, 2.45) is 0 Å². The van der Waals surface area contributed by atoms with Crippen LogP contribution in [0.3, 0.4) is 0 Å². The molecule has 2 aromatic carbocycles. The number of hydrogen-bond acceptors (Lipinski definition) is 2. The van der Waals surface area contributed by atoms with Crippen molar-refractivity contribution >= 4 is 17.6 Å². The van der Waals surface area contributed by atoms with Gasteiger partial charge in [0.15, 0.2) is 0 Å². The van der Waals surface area contributed by atoms with Crippen molar-refractivity contribution in [1.29, 1.82) is 0 Å². The number of hydrogen-bond donors (Lipinski definition) is 3. The maximum absolute atomic E-state index is 12.0. The predicted molar refractivity (Wildman–Crippen MR) is 101 cm³/mol. The summed E-state index contributed by atoms with van der Waals surface area (Å²) in [7, 11) is 0. The van der Waals surface area contributed by atoms with Crippen LogP contribution in [-0.2, 0) is 11.2 Å². The van der Waals surface area contributed by atoms with Crippen molar-refractivity contribution in [2.45, 2.75) is 27.2 Å². The number of rotatable bonds is 6. The molecule has 0 atom stereocenters. The van der Waals surface area contributed by atoms with Crippen LogP contribution in [0.4, 0.5) is 10.5 Å². The highest BCUT2D eigenvalue weighted by Crippen LogP contribution is 2.17. The topological polar surface area (TPSA) is 70.2 Å². The second kappa shape index (κ2) is 8.87. The Kier molecular flexibility index (Phi) is 6.57. The van der Waals surface area contributed by atoms with Crippen LogP contribution in [0.15, 0.2) is 42.5 Å². The molecule has 132 valence electrons. The number of urea groups is 1. The fraction of sp³-hybridized carbons (Fsp3) is 0.300. The van der Waals surface area contributed by atoms with Gasteiger partial charge in [-0.15, -0.1) is 0 Å². The summed E-state index contributed by atoms with van der Waals surface area (Å²) in [5, 5.41) is 8.16. The number of carbonyl (C=O) groups excluding carboxylic acids is 2. The first-order valence-electron chi connectivity index (χ1n) is 8.39. The Hall–Kier alpha value is -2.82. The Morgan fingerprint density at radius 2 is 1.60 bits per heavy atom. The van der Waals surface area contributed by atoms with Gasteiger partial charge in [0.05, 0.1) is 6.54 Å². The molecule has 0 heterocycles. The van der Waals surface area contributed by atoms with Gasteiger partial charge in [0.2, 0.25) is 5.91 Å². The minimum atomic E-state index is -0.343. The third-order valence-electron chi connectivity index (χ3n) is 4.23. The first kappa shape index (κ1) is 18.5. The lowest BCUT2D eigenvalue weighted by Gasteiger charge is -2.11. The third-order valence-corrected chi connectivity index (χ3v) is 4.23. The predicted octanol–water partition coefficient (Wildman–Crippen LogP) is 3.09. The average Bonchev–Trinajstić information content (AvgIpc) is 2.59. The van der Waals surface area contributed by atoms with Gasteiger partial charge < -0.3 is 16.0 Å². The van der Waals surface area contributed by atoms with E-state index >= 15 is 0 Å². The van der Waals surface area contributed by atoms with E-state index in [1.807, 2.05) is 63.2 Å². The van der Waals surface area contributed by atoms with Gasteiger partial charge in [-0.2, -0.15) is 0 Å². The summed E-state index contributed by atoms with van der Waals surface area (Å²) >= 11 is 0. The van der Waals surface area contributed by atoms with E-state index in [2.05, 4.69) is 16.0 Å². The van der Waals surface area contributed by atoms with Crippen molar-refractivity contribution in [3.8, 4) is 0 Å². The smallest absolute Gasteiger partial charge is 0.315 e. The molecule has 2 aromatic rings. The molecule has 0 fully saturated rings. The first-order valence-corrected chi connectivity index (χ1v) is 8.39. The summed E-state index contributed by atoms with van der Waals surface area (Å²) in [5.41, 5.74) is 5.32. The van der Waals surface area contributed by atoms with Crippen LogP contribution in [0.2, 0.25) is 0 Å². The Morgan fingerprint density at radius 3 is 2.36 bits per heavy atom. The molecule has 0 unspecified atom stereocenters. The minimum Gasteiger partial charge on any atom is -0.338 e. The van der Waals surface area contributed by atoms with Crippen LogP contribution >= 0.6 is 0 Å². The van der Waals surface area contributed by atoms with Crippen LogP contribution < -0.4 is 16.0 Å². The molecule has 0 aliphatic carbocycles. The first-order chi connectivity index (χ1) is 12.0. The summed E-state index contributed by atoms with van der Waals surface area (Å²) in [4.78, 5) is 23.8. The lowest BCUT2D eigenvalue weighted by molar-refractivity contribution is -0.115. The second-order valence-corrected chi connectivity index (χ2v) is 6.08. The maximum atomic E-state index is 12.0. The summed E-state index contributed by atoms with van der Waals surface area (Å²) < 4.78 is 0. The highest BCUT2D eigenvalue weighted by molar-refractivity contribution is 5.95. The third kappa shape index (κ3) is 5.64. The zero-order valence-corrected chi connectivity index (χ0v) is 15.0. The Balaban J connectivity index is 1.71. The molecule has 0 radical (unpaired) electrons. The van der Waals surface area contributed by atoms with Gasteiger partial charge in [0, 0.05) is 12.2 Å². The molecule has 2 rings (SSSR count). The fourth-order valence-corrected chi connectivity index (χ4v) is 2.51. The molecule has 0 aromatic heterocycles. The quantitative estimate of drug-likeness (QED) is 0.757. The van der Waals surface area contributed by atoms with Crippen molar-refractivity contribution in [1.82, 2.24) is 10.6 Å². The maximum Gasteiger partial charge on any atom is 0.315 e. The average molecular weight is 339 g/mol. The molecule has 3 amide bonds. The van der Waals surface area contributed by atoms with Gasteiger partial charge in [-0.3, -0.25) is 4.79 Å². The van der Waals surface area contributed by atoms with E-state index in [0.29, 0.717) is 6.54 Å². The minimum absolute atomic E-state index is 0.0659. The molecule has 0 spiro atoms. The molecule has 0 aliphatic rings. The zero-order chi connectivity index (χ0) is 18.2. The molecule has 25 heavy (non-hydrogen) atoms. The zero-order valence-electron chi connectivity index (χ0n) is 15.0. The molecule has 0 bridgehead atoms. The molecule has 0 saturated carbocycles. The van der Waals surface area contributed by atoms with E-state index in [0.717, 1.165) is 23.2 Å². The van der Waals surface area contributed by atoms with Crippen molar-refractivity contribution < 1.29 is 9.59 Å². The van der Waals surface area contributed by atoms with Gasteiger partial charge >= 0.3 is 6.03 Å². The van der Waals surface area contributed by atoms with Gasteiger partial charge in [0.1, 0.15) is 0 Å². The Morgan fingerprint density at radius 1 is 0.880 bits per heavy atom. The number of nitrogens with one attached hydrogen (secondary N) is 3. The monoisotopic (exact) mass is 339 g/mol. The van der Waals surface area contributed by atoms with Crippen LogP contribution in [-0.4, -0.2) is 25.0 Å². The molecule has 5 heteroatoms. The van der Waals surface area contributed by atoms with E-state index in [9.17, 15) is 9.59 Å². The van der Waals surface area contributed by atoms with Crippen LogP contribution in [0.25, 0.3) is 0 Å². The van der Waals surface area contributed by atoms with E-state index in [1.54, 1.807) is 0 Å². The normalized spacial score (nSPS) is 10.2. The van der Waals surface area contributed by atoms with E-state index in [4.69, 9.17) is 0 Å². The molecule has 0 saturated heterocycles. The summed E-state index contributed by atoms with van der Waals surface area (Å²) in [6, 6.07) is 13.5. The fourth-order valence-electron chi connectivity index (χ4n) is 2.51. The Bertz CT molecular complexity index is 756. The van der Waals surface area contributed by atoms with E-state index in [1.165, 1.54) is 11.1 Å². The standard InChI is InChI=1S/C20H25N3O2/c1-14-8-6-10-18(16(14)3)23-19(24)13-22-20(25)21-12-11-17-9-5-4-7-15(17)2/h4-10H,11-13H2,1-3H3,(H,23,24)(H2,21,22,25). The van der Waals surface area contributed by atoms with Crippen molar-refractivity contribution in [3.63, 3.8) is 0 Å². The lowest BCUT2D eigenvalue weighted by atomic mass is 10.1. The summed E-state index contributed by atoms with van der Waals surface area (Å²) in [6.07, 6.45) is 0.759. The number of anilines is 1. The highest BCUT2D eigenvalue weighted by atomic mass is 16.2. The summed E-state index contributed by atoms with van der Waals surface area (Å²) in [6.45, 7) is 6.45. The van der Waals surface area contributed by atoms with Crippen LogP contribution in [0.5, 0.6) is 0 Å². The largest absolute Gasteiger partial charge is 0.338 e. The van der Waals surface area contributed by atoms with Gasteiger partial charge in [-0.05, 0) is 55.5 Å². The number of amides is 3. The van der Waals surface area contributed by atoms with Gasteiger partial charge in [-0.25, -0.2) is 4.79 Å². The van der Waals surface area contributed by atoms with E-state index < -0.39 is 0 Å². The SMILES string of the molecule is Cc1ccccc1CCNC(=O)NCC(=O)Nc1cccc(C)c1C. The van der Waals surface area contributed by atoms with Crippen molar-refractivity contribution in [3.05, 3.63) is 64.7 Å². The molecular weight excluding hydrogens is 314 g/mol. The Labute approximate surface area is 148 Å². The molecular formula is C20H25N3O2. The summed E-state index contributed by atoms with van der Waals surface area (Å²) in [5.74, 6) is -0.247. The van der Waals surface area contributed by atoms with Crippen molar-refractivity contribution in [2.75, 3.05) is 18.4 Å². The lowest BCUT2D eigenvalue weighted by Crippen LogP contribution is -2.40. The van der Waals surface area contributed by atoms with Crippen LogP contribution in [0.1, 0.15) is 22.3 Å².